The molecular weight excluding hydrogens is 198 g/mol. The number of nitrogens with two attached hydrogens (primary N) is 1. The summed E-state index contributed by atoms with van der Waals surface area (Å²) in [5.41, 5.74) is 7.70. The molecule has 0 aliphatic rings. The Morgan fingerprint density at radius 3 is 2.50 bits per heavy atom. The zero-order valence-electron chi connectivity index (χ0n) is 10.2. The van der Waals surface area contributed by atoms with E-state index in [-0.39, 0.29) is 0 Å². The molecule has 0 radical (unpaired) electrons. The van der Waals surface area contributed by atoms with Gasteiger partial charge in [-0.25, -0.2) is 0 Å². The third-order valence-electron chi connectivity index (χ3n) is 2.79. The summed E-state index contributed by atoms with van der Waals surface area (Å²) in [6.45, 7) is 9.20. The Kier molecular flexibility index (Phi) is 5.06. The molecule has 0 saturated carbocycles. The highest BCUT2D eigenvalue weighted by Crippen LogP contribution is 2.21. The van der Waals surface area contributed by atoms with E-state index >= 15 is 0 Å². The van der Waals surface area contributed by atoms with Crippen LogP contribution in [0.5, 0.6) is 5.75 Å². The van der Waals surface area contributed by atoms with Gasteiger partial charge in [0.15, 0.2) is 0 Å². The van der Waals surface area contributed by atoms with Crippen LogP contribution in [0.4, 0.5) is 0 Å². The number of ether oxygens (including phenoxy) is 1. The van der Waals surface area contributed by atoms with Gasteiger partial charge in [-0.3, -0.25) is 0 Å². The summed E-state index contributed by atoms with van der Waals surface area (Å²) in [5, 5.41) is 0. The molecule has 0 saturated heterocycles. The molecular formula is C14H21NO. The van der Waals surface area contributed by atoms with Crippen LogP contribution in [-0.2, 0) is 0 Å². The quantitative estimate of drug-likeness (QED) is 0.746. The standard InChI is InChI=1S/C14H21NO/c1-4-12(3)13-5-7-14(8-6-13)16-10-11(2)9-15/h5-8,12H,2,4,9-10,15H2,1,3H3. The van der Waals surface area contributed by atoms with Crippen molar-refractivity contribution in [3.05, 3.63) is 42.0 Å². The van der Waals surface area contributed by atoms with E-state index in [1.807, 2.05) is 12.1 Å². The van der Waals surface area contributed by atoms with Gasteiger partial charge in [-0.05, 0) is 35.6 Å². The van der Waals surface area contributed by atoms with Crippen molar-refractivity contribution in [2.24, 2.45) is 5.73 Å². The summed E-state index contributed by atoms with van der Waals surface area (Å²) in [7, 11) is 0. The maximum Gasteiger partial charge on any atom is 0.119 e. The van der Waals surface area contributed by atoms with Crippen LogP contribution in [0.1, 0.15) is 31.7 Å². The third-order valence-corrected chi connectivity index (χ3v) is 2.79. The monoisotopic (exact) mass is 219 g/mol. The van der Waals surface area contributed by atoms with Gasteiger partial charge in [0.2, 0.25) is 0 Å². The number of hydrogen-bond donors (Lipinski definition) is 1. The van der Waals surface area contributed by atoms with E-state index in [4.69, 9.17) is 10.5 Å². The van der Waals surface area contributed by atoms with Crippen molar-refractivity contribution in [3.8, 4) is 5.75 Å². The first kappa shape index (κ1) is 12.8. The lowest BCUT2D eigenvalue weighted by atomic mass is 9.99. The van der Waals surface area contributed by atoms with Crippen molar-refractivity contribution in [1.82, 2.24) is 0 Å². The Bertz CT molecular complexity index is 329. The van der Waals surface area contributed by atoms with Crippen molar-refractivity contribution in [3.63, 3.8) is 0 Å². The van der Waals surface area contributed by atoms with Gasteiger partial charge in [0.25, 0.3) is 0 Å². The highest BCUT2D eigenvalue weighted by atomic mass is 16.5. The van der Waals surface area contributed by atoms with Gasteiger partial charge in [0.05, 0.1) is 0 Å². The summed E-state index contributed by atoms with van der Waals surface area (Å²) in [6.07, 6.45) is 1.16. The molecule has 0 bridgehead atoms. The summed E-state index contributed by atoms with van der Waals surface area (Å²) in [4.78, 5) is 0. The van der Waals surface area contributed by atoms with Gasteiger partial charge in [-0.1, -0.05) is 32.6 Å². The van der Waals surface area contributed by atoms with Gasteiger partial charge in [0.1, 0.15) is 12.4 Å². The predicted octanol–water partition coefficient (Wildman–Crippen LogP) is 3.09. The summed E-state index contributed by atoms with van der Waals surface area (Å²) in [6, 6.07) is 8.25. The van der Waals surface area contributed by atoms with Crippen LogP contribution in [-0.4, -0.2) is 13.2 Å². The van der Waals surface area contributed by atoms with E-state index in [1.54, 1.807) is 0 Å². The molecule has 1 atom stereocenters. The average Bonchev–Trinajstić information content (AvgIpc) is 2.35. The van der Waals surface area contributed by atoms with Crippen molar-refractivity contribution in [1.29, 1.82) is 0 Å². The van der Waals surface area contributed by atoms with Crippen LogP contribution in [0, 0.1) is 0 Å². The first-order chi connectivity index (χ1) is 7.67. The molecule has 1 aromatic rings. The topological polar surface area (TPSA) is 35.2 Å². The Morgan fingerprint density at radius 2 is 2.00 bits per heavy atom. The first-order valence-corrected chi connectivity index (χ1v) is 5.76. The molecule has 0 amide bonds. The highest BCUT2D eigenvalue weighted by Gasteiger charge is 2.02. The summed E-state index contributed by atoms with van der Waals surface area (Å²) >= 11 is 0. The second-order valence-corrected chi connectivity index (χ2v) is 4.12. The Labute approximate surface area is 98.1 Å². The van der Waals surface area contributed by atoms with Crippen LogP contribution >= 0.6 is 0 Å². The van der Waals surface area contributed by atoms with Gasteiger partial charge >= 0.3 is 0 Å². The van der Waals surface area contributed by atoms with Crippen LogP contribution < -0.4 is 10.5 Å². The van der Waals surface area contributed by atoms with Gasteiger partial charge in [-0.2, -0.15) is 0 Å². The molecule has 1 unspecified atom stereocenters. The van der Waals surface area contributed by atoms with E-state index in [1.165, 1.54) is 5.56 Å². The smallest absolute Gasteiger partial charge is 0.119 e. The largest absolute Gasteiger partial charge is 0.489 e. The lowest BCUT2D eigenvalue weighted by Gasteiger charge is -2.11. The average molecular weight is 219 g/mol. The van der Waals surface area contributed by atoms with Crippen molar-refractivity contribution < 1.29 is 4.74 Å². The van der Waals surface area contributed by atoms with Crippen LogP contribution in [0.25, 0.3) is 0 Å². The first-order valence-electron chi connectivity index (χ1n) is 5.76. The zero-order valence-corrected chi connectivity index (χ0v) is 10.2. The minimum absolute atomic E-state index is 0.477. The van der Waals surface area contributed by atoms with E-state index < -0.39 is 0 Å². The molecule has 16 heavy (non-hydrogen) atoms. The summed E-state index contributed by atoms with van der Waals surface area (Å²) < 4.78 is 5.55. The highest BCUT2D eigenvalue weighted by molar-refractivity contribution is 5.29. The van der Waals surface area contributed by atoms with Crippen LogP contribution in [0.15, 0.2) is 36.4 Å². The fraction of sp³-hybridized carbons (Fsp3) is 0.429. The molecule has 1 rings (SSSR count). The Morgan fingerprint density at radius 1 is 1.38 bits per heavy atom. The molecule has 0 heterocycles. The van der Waals surface area contributed by atoms with Gasteiger partial charge < -0.3 is 10.5 Å². The normalized spacial score (nSPS) is 12.2. The van der Waals surface area contributed by atoms with Gasteiger partial charge in [-0.15, -0.1) is 0 Å². The predicted molar refractivity (Wildman–Crippen MR) is 68.8 cm³/mol. The molecule has 0 aliphatic heterocycles. The molecule has 0 fully saturated rings. The molecule has 0 spiro atoms. The Hall–Kier alpha value is -1.28. The molecule has 2 heteroatoms. The second kappa shape index (κ2) is 6.33. The molecule has 2 nitrogen and oxygen atoms in total. The lowest BCUT2D eigenvalue weighted by molar-refractivity contribution is 0.350. The fourth-order valence-corrected chi connectivity index (χ4v) is 1.37. The van der Waals surface area contributed by atoms with Gasteiger partial charge in [0, 0.05) is 6.54 Å². The number of hydrogen-bond acceptors (Lipinski definition) is 2. The molecule has 0 aromatic heterocycles. The van der Waals surface area contributed by atoms with Crippen molar-refractivity contribution >= 4 is 0 Å². The Balaban J connectivity index is 2.54. The summed E-state index contributed by atoms with van der Waals surface area (Å²) in [5.74, 6) is 1.48. The molecule has 0 aliphatic carbocycles. The minimum Gasteiger partial charge on any atom is -0.489 e. The number of rotatable bonds is 6. The zero-order chi connectivity index (χ0) is 12.0. The van der Waals surface area contributed by atoms with E-state index in [0.717, 1.165) is 17.7 Å². The SMILES string of the molecule is C=C(CN)COc1ccc(C(C)CC)cc1. The maximum absolute atomic E-state index is 5.55. The van der Waals surface area contributed by atoms with E-state index in [0.29, 0.717) is 19.1 Å². The molecule has 1 aromatic carbocycles. The minimum atomic E-state index is 0.477. The van der Waals surface area contributed by atoms with Crippen LogP contribution in [0.3, 0.4) is 0 Å². The fourth-order valence-electron chi connectivity index (χ4n) is 1.37. The maximum atomic E-state index is 5.55. The van der Waals surface area contributed by atoms with Crippen LogP contribution in [0.2, 0.25) is 0 Å². The van der Waals surface area contributed by atoms with Crippen molar-refractivity contribution in [2.45, 2.75) is 26.2 Å². The number of benzene rings is 1. The van der Waals surface area contributed by atoms with E-state index in [9.17, 15) is 0 Å². The van der Waals surface area contributed by atoms with Crippen molar-refractivity contribution in [2.75, 3.05) is 13.2 Å². The second-order valence-electron chi connectivity index (χ2n) is 4.12. The lowest BCUT2D eigenvalue weighted by Crippen LogP contribution is -2.09. The molecule has 88 valence electrons. The molecule has 2 N–H and O–H groups in total. The third kappa shape index (κ3) is 3.70. The van der Waals surface area contributed by atoms with E-state index in [2.05, 4.69) is 32.6 Å².